The molecule has 1 N–H and O–H groups in total. The molecule has 0 aliphatic heterocycles. The molecule has 0 saturated heterocycles. The summed E-state index contributed by atoms with van der Waals surface area (Å²) in [6, 6.07) is 6.34. The van der Waals surface area contributed by atoms with E-state index in [0.29, 0.717) is 22.0 Å². The van der Waals surface area contributed by atoms with E-state index in [9.17, 15) is 26.7 Å². The third-order valence-corrected chi connectivity index (χ3v) is 4.26. The number of amides is 1. The number of thiazole rings is 1. The number of benzene rings is 1. The third-order valence-electron chi connectivity index (χ3n) is 3.50. The van der Waals surface area contributed by atoms with Gasteiger partial charge in [-0.2, -0.15) is 27.1 Å². The van der Waals surface area contributed by atoms with E-state index in [-0.39, 0.29) is 10.9 Å². The van der Waals surface area contributed by atoms with Crippen molar-refractivity contribution in [1.29, 1.82) is 0 Å². The number of anilines is 1. The van der Waals surface area contributed by atoms with Gasteiger partial charge in [0.15, 0.2) is 10.8 Å². The highest BCUT2D eigenvalue weighted by Crippen LogP contribution is 2.30. The predicted molar refractivity (Wildman–Crippen MR) is 90.3 cm³/mol. The minimum atomic E-state index is -4.63. The van der Waals surface area contributed by atoms with Crippen molar-refractivity contribution in [3.05, 3.63) is 47.1 Å². The zero-order chi connectivity index (χ0) is 20.5. The molecule has 0 unspecified atom stereocenters. The molecule has 2 aromatic heterocycles. The number of ether oxygens (including phenoxy) is 1. The van der Waals surface area contributed by atoms with Crippen molar-refractivity contribution < 1.29 is 31.5 Å². The summed E-state index contributed by atoms with van der Waals surface area (Å²) in [6.07, 6.45) is -4.63. The number of aromatic nitrogens is 3. The monoisotopic (exact) mass is 418 g/mol. The average Bonchev–Trinajstić information content (AvgIpc) is 3.21. The Morgan fingerprint density at radius 3 is 2.50 bits per heavy atom. The zero-order valence-electron chi connectivity index (χ0n) is 14.0. The second-order valence-corrected chi connectivity index (χ2v) is 6.29. The molecule has 0 spiro atoms. The van der Waals surface area contributed by atoms with Gasteiger partial charge in [-0.15, -0.1) is 11.3 Å². The quantitative estimate of drug-likeness (QED) is 0.623. The highest BCUT2D eigenvalue weighted by molar-refractivity contribution is 7.14. The average molecular weight is 418 g/mol. The Kier molecular flexibility index (Phi) is 5.31. The van der Waals surface area contributed by atoms with Gasteiger partial charge in [0, 0.05) is 24.1 Å². The maximum Gasteiger partial charge on any atom is 0.433 e. The first-order chi connectivity index (χ1) is 13.1. The molecular weight excluding hydrogens is 407 g/mol. The minimum absolute atomic E-state index is 0.0156. The number of rotatable bonds is 5. The lowest BCUT2D eigenvalue weighted by atomic mass is 10.2. The van der Waals surface area contributed by atoms with Gasteiger partial charge >= 0.3 is 12.8 Å². The summed E-state index contributed by atoms with van der Waals surface area (Å²) in [5.41, 5.74) is -0.430. The van der Waals surface area contributed by atoms with Crippen LogP contribution in [0.3, 0.4) is 0 Å². The summed E-state index contributed by atoms with van der Waals surface area (Å²) in [4.78, 5) is 16.3. The first-order valence-corrected chi connectivity index (χ1v) is 8.45. The van der Waals surface area contributed by atoms with Crippen LogP contribution in [0, 0.1) is 0 Å². The Morgan fingerprint density at radius 2 is 1.93 bits per heavy atom. The lowest BCUT2D eigenvalue weighted by Crippen LogP contribution is -2.13. The molecule has 6 nitrogen and oxygen atoms in total. The molecule has 3 aromatic rings. The largest absolute Gasteiger partial charge is 0.435 e. The van der Waals surface area contributed by atoms with Gasteiger partial charge < -0.3 is 4.74 Å². The number of aryl methyl sites for hydroxylation is 1. The van der Waals surface area contributed by atoms with E-state index in [4.69, 9.17) is 0 Å². The van der Waals surface area contributed by atoms with Crippen LogP contribution in [-0.2, 0) is 13.2 Å². The van der Waals surface area contributed by atoms with Crippen molar-refractivity contribution in [2.24, 2.45) is 7.05 Å². The number of hydrogen-bond donors (Lipinski definition) is 1. The summed E-state index contributed by atoms with van der Waals surface area (Å²) in [7, 11) is 1.09. The fourth-order valence-corrected chi connectivity index (χ4v) is 2.99. The molecule has 1 amide bonds. The van der Waals surface area contributed by atoms with Crippen LogP contribution in [-0.4, -0.2) is 27.3 Å². The van der Waals surface area contributed by atoms with Gasteiger partial charge in [0.05, 0.1) is 5.69 Å². The maximum absolute atomic E-state index is 12.8. The van der Waals surface area contributed by atoms with Gasteiger partial charge in [-0.3, -0.25) is 14.8 Å². The standard InChI is InChI=1S/C16H11F5N4O2S/c1-25-12(16(19,20)21)6-10(24-25)13(26)23-15-22-11(7-28-15)8-2-4-9(5-3-8)27-14(17)18/h2-7,14H,1H3,(H,22,23,26). The SMILES string of the molecule is Cn1nc(C(=O)Nc2nc(-c3ccc(OC(F)F)cc3)cs2)cc1C(F)(F)F. The Bertz CT molecular complexity index is 982. The smallest absolute Gasteiger partial charge is 0.433 e. The van der Waals surface area contributed by atoms with Gasteiger partial charge in [-0.25, -0.2) is 4.98 Å². The van der Waals surface area contributed by atoms with Crippen LogP contribution >= 0.6 is 11.3 Å². The van der Waals surface area contributed by atoms with Gasteiger partial charge in [-0.1, -0.05) is 0 Å². The third kappa shape index (κ3) is 4.44. The van der Waals surface area contributed by atoms with Crippen molar-refractivity contribution >= 4 is 22.4 Å². The zero-order valence-corrected chi connectivity index (χ0v) is 14.8. The van der Waals surface area contributed by atoms with Crippen LogP contribution in [0.25, 0.3) is 11.3 Å². The van der Waals surface area contributed by atoms with E-state index in [0.717, 1.165) is 18.4 Å². The maximum atomic E-state index is 12.8. The van der Waals surface area contributed by atoms with E-state index in [2.05, 4.69) is 20.1 Å². The van der Waals surface area contributed by atoms with Crippen LogP contribution in [0.1, 0.15) is 16.2 Å². The molecule has 28 heavy (non-hydrogen) atoms. The van der Waals surface area contributed by atoms with Crippen LogP contribution in [0.5, 0.6) is 5.75 Å². The molecular formula is C16H11F5N4O2S. The van der Waals surface area contributed by atoms with E-state index in [1.807, 2.05) is 0 Å². The Labute approximate surface area is 158 Å². The summed E-state index contributed by atoms with van der Waals surface area (Å²) in [5.74, 6) is -0.856. The van der Waals surface area contributed by atoms with Crippen LogP contribution in [0.15, 0.2) is 35.7 Å². The molecule has 3 rings (SSSR count). The number of carbonyl (C=O) groups excluding carboxylic acids is 1. The molecule has 148 valence electrons. The Hall–Kier alpha value is -3.02. The van der Waals surface area contributed by atoms with E-state index in [1.165, 1.54) is 24.3 Å². The van der Waals surface area contributed by atoms with Gasteiger partial charge in [0.25, 0.3) is 5.91 Å². The molecule has 0 bridgehead atoms. The molecule has 0 aliphatic carbocycles. The number of hydrogen-bond acceptors (Lipinski definition) is 5. The number of alkyl halides is 5. The molecule has 1 aromatic carbocycles. The molecule has 0 radical (unpaired) electrons. The molecule has 0 fully saturated rings. The highest BCUT2D eigenvalue weighted by atomic mass is 32.1. The number of nitrogens with zero attached hydrogens (tertiary/aromatic N) is 3. The first kappa shape index (κ1) is 19.7. The summed E-state index contributed by atoms with van der Waals surface area (Å²) < 4.78 is 67.5. The van der Waals surface area contributed by atoms with Gasteiger partial charge in [0.1, 0.15) is 11.4 Å². The Balaban J connectivity index is 1.72. The summed E-state index contributed by atoms with van der Waals surface area (Å²) in [6.45, 7) is -2.93. The molecule has 2 heterocycles. The van der Waals surface area contributed by atoms with E-state index >= 15 is 0 Å². The molecule has 12 heteroatoms. The van der Waals surface area contributed by atoms with Crippen LogP contribution < -0.4 is 10.1 Å². The molecule has 0 aliphatic rings. The lowest BCUT2D eigenvalue weighted by molar-refractivity contribution is -0.143. The summed E-state index contributed by atoms with van der Waals surface area (Å²) >= 11 is 1.05. The summed E-state index contributed by atoms with van der Waals surface area (Å²) in [5, 5.41) is 7.68. The highest BCUT2D eigenvalue weighted by Gasteiger charge is 2.35. The second-order valence-electron chi connectivity index (χ2n) is 5.43. The first-order valence-electron chi connectivity index (χ1n) is 7.57. The van der Waals surface area contributed by atoms with Gasteiger partial charge in [0.2, 0.25) is 0 Å². The number of carbonyl (C=O) groups is 1. The fourth-order valence-electron chi connectivity index (χ4n) is 2.28. The van der Waals surface area contributed by atoms with Crippen molar-refractivity contribution in [3.8, 4) is 17.0 Å². The second kappa shape index (κ2) is 7.54. The van der Waals surface area contributed by atoms with Crippen molar-refractivity contribution in [2.75, 3.05) is 5.32 Å². The van der Waals surface area contributed by atoms with Crippen molar-refractivity contribution in [3.63, 3.8) is 0 Å². The van der Waals surface area contributed by atoms with Crippen LogP contribution in [0.4, 0.5) is 27.1 Å². The normalized spacial score (nSPS) is 11.7. The number of halogens is 5. The van der Waals surface area contributed by atoms with E-state index in [1.54, 1.807) is 5.38 Å². The van der Waals surface area contributed by atoms with Crippen molar-refractivity contribution in [2.45, 2.75) is 12.8 Å². The number of nitrogens with one attached hydrogen (secondary N) is 1. The fraction of sp³-hybridized carbons (Fsp3) is 0.188. The molecule has 0 atom stereocenters. The lowest BCUT2D eigenvalue weighted by Gasteiger charge is -2.04. The predicted octanol–water partition coefficient (Wildman–Crippen LogP) is 4.42. The van der Waals surface area contributed by atoms with E-state index < -0.39 is 30.1 Å². The van der Waals surface area contributed by atoms with Gasteiger partial charge in [-0.05, 0) is 24.3 Å². The Morgan fingerprint density at radius 1 is 1.25 bits per heavy atom. The topological polar surface area (TPSA) is 69.0 Å². The van der Waals surface area contributed by atoms with Crippen molar-refractivity contribution in [1.82, 2.24) is 14.8 Å². The minimum Gasteiger partial charge on any atom is -0.435 e. The van der Waals surface area contributed by atoms with Crippen LogP contribution in [0.2, 0.25) is 0 Å². The molecule has 0 saturated carbocycles.